The molecule has 2 aromatic carbocycles. The van der Waals surface area contributed by atoms with Gasteiger partial charge in [-0.2, -0.15) is 0 Å². The maximum absolute atomic E-state index is 12.9. The number of benzene rings is 2. The molecule has 3 rings (SSSR count). The van der Waals surface area contributed by atoms with E-state index in [-0.39, 0.29) is 5.91 Å². The summed E-state index contributed by atoms with van der Waals surface area (Å²) in [5, 5.41) is 0. The summed E-state index contributed by atoms with van der Waals surface area (Å²) in [4.78, 5) is 14.9. The van der Waals surface area contributed by atoms with Crippen LogP contribution in [0.1, 0.15) is 5.56 Å². The standard InChI is InChI=1S/C19H17NO4S2/c1-22-14-10-9-12(16(23-2)17(14)24-3)11-15-18(21)20(19(25)26-15)13-7-5-4-6-8-13/h4-11H,1-3H3. The maximum atomic E-state index is 12.9. The third-order valence-corrected chi connectivity index (χ3v) is 5.13. The van der Waals surface area contributed by atoms with Crippen LogP contribution in [0, 0.1) is 0 Å². The van der Waals surface area contributed by atoms with Crippen LogP contribution in [0.2, 0.25) is 0 Å². The Morgan fingerprint density at radius 3 is 2.27 bits per heavy atom. The number of thioether (sulfide) groups is 1. The molecule has 1 fully saturated rings. The summed E-state index contributed by atoms with van der Waals surface area (Å²) in [5.41, 5.74) is 1.45. The zero-order valence-corrected chi connectivity index (χ0v) is 16.1. The Kier molecular flexibility index (Phi) is 5.49. The van der Waals surface area contributed by atoms with Gasteiger partial charge in [0.05, 0.1) is 31.9 Å². The number of para-hydroxylation sites is 1. The van der Waals surface area contributed by atoms with E-state index in [2.05, 4.69) is 0 Å². The monoisotopic (exact) mass is 387 g/mol. The highest BCUT2D eigenvalue weighted by molar-refractivity contribution is 8.27. The number of hydrogen-bond donors (Lipinski definition) is 0. The molecule has 0 saturated carbocycles. The molecule has 0 aliphatic carbocycles. The van der Waals surface area contributed by atoms with Gasteiger partial charge < -0.3 is 14.2 Å². The fourth-order valence-electron chi connectivity index (χ4n) is 2.65. The molecule has 2 aromatic rings. The zero-order chi connectivity index (χ0) is 18.7. The molecule has 1 aliphatic rings. The number of carbonyl (C=O) groups is 1. The minimum atomic E-state index is -0.164. The summed E-state index contributed by atoms with van der Waals surface area (Å²) in [7, 11) is 4.64. The molecule has 0 radical (unpaired) electrons. The molecule has 5 nitrogen and oxygen atoms in total. The topological polar surface area (TPSA) is 48.0 Å². The highest BCUT2D eigenvalue weighted by Crippen LogP contribution is 2.42. The number of nitrogens with zero attached hydrogens (tertiary/aromatic N) is 1. The van der Waals surface area contributed by atoms with E-state index in [1.54, 1.807) is 33.5 Å². The molecular formula is C19H17NO4S2. The van der Waals surface area contributed by atoms with Crippen molar-refractivity contribution in [1.29, 1.82) is 0 Å². The van der Waals surface area contributed by atoms with Crippen LogP contribution in [-0.4, -0.2) is 31.6 Å². The van der Waals surface area contributed by atoms with Gasteiger partial charge in [0.25, 0.3) is 5.91 Å². The molecule has 0 spiro atoms. The summed E-state index contributed by atoms with van der Waals surface area (Å²) in [6.45, 7) is 0. The van der Waals surface area contributed by atoms with Crippen LogP contribution in [-0.2, 0) is 4.79 Å². The number of rotatable bonds is 5. The lowest BCUT2D eigenvalue weighted by Gasteiger charge is -2.15. The Morgan fingerprint density at radius 1 is 0.962 bits per heavy atom. The van der Waals surface area contributed by atoms with Crippen LogP contribution in [0.4, 0.5) is 5.69 Å². The Bertz CT molecular complexity index is 881. The second kappa shape index (κ2) is 7.80. The van der Waals surface area contributed by atoms with Crippen LogP contribution in [0.25, 0.3) is 6.08 Å². The number of amides is 1. The van der Waals surface area contributed by atoms with E-state index in [0.29, 0.717) is 32.0 Å². The Morgan fingerprint density at radius 2 is 1.65 bits per heavy atom. The van der Waals surface area contributed by atoms with Crippen LogP contribution in [0.3, 0.4) is 0 Å². The van der Waals surface area contributed by atoms with Gasteiger partial charge in [0, 0.05) is 5.56 Å². The second-order valence-corrected chi connectivity index (χ2v) is 6.95. The summed E-state index contributed by atoms with van der Waals surface area (Å²) in [6.07, 6.45) is 1.75. The van der Waals surface area contributed by atoms with Crippen molar-refractivity contribution in [3.63, 3.8) is 0 Å². The van der Waals surface area contributed by atoms with E-state index in [1.807, 2.05) is 36.4 Å². The number of thiocarbonyl (C=S) groups is 1. The predicted molar refractivity (Wildman–Crippen MR) is 108 cm³/mol. The molecular weight excluding hydrogens is 370 g/mol. The first-order chi connectivity index (χ1) is 12.6. The summed E-state index contributed by atoms with van der Waals surface area (Å²) >= 11 is 6.65. The van der Waals surface area contributed by atoms with Gasteiger partial charge in [-0.25, -0.2) is 0 Å². The lowest BCUT2D eigenvalue weighted by atomic mass is 10.1. The van der Waals surface area contributed by atoms with E-state index in [9.17, 15) is 4.79 Å². The third kappa shape index (κ3) is 3.27. The fourth-order valence-corrected chi connectivity index (χ4v) is 3.94. The van der Waals surface area contributed by atoms with Gasteiger partial charge in [0.15, 0.2) is 15.8 Å². The van der Waals surface area contributed by atoms with Gasteiger partial charge in [-0.1, -0.05) is 42.2 Å². The van der Waals surface area contributed by atoms with E-state index < -0.39 is 0 Å². The SMILES string of the molecule is COc1ccc(C=C2SC(=S)N(c3ccccc3)C2=O)c(OC)c1OC. The molecule has 0 atom stereocenters. The third-order valence-electron chi connectivity index (χ3n) is 3.83. The van der Waals surface area contributed by atoms with E-state index in [1.165, 1.54) is 16.7 Å². The van der Waals surface area contributed by atoms with Gasteiger partial charge in [-0.05, 0) is 30.3 Å². The number of anilines is 1. The normalized spacial score (nSPS) is 15.5. The predicted octanol–water partition coefficient (Wildman–Crippen LogP) is 4.12. The highest BCUT2D eigenvalue weighted by atomic mass is 32.2. The van der Waals surface area contributed by atoms with Gasteiger partial charge in [0.2, 0.25) is 5.75 Å². The molecule has 0 bridgehead atoms. The maximum Gasteiger partial charge on any atom is 0.270 e. The molecule has 7 heteroatoms. The average Bonchev–Trinajstić information content (AvgIpc) is 2.95. The highest BCUT2D eigenvalue weighted by Gasteiger charge is 2.33. The van der Waals surface area contributed by atoms with Gasteiger partial charge >= 0.3 is 0 Å². The fraction of sp³-hybridized carbons (Fsp3) is 0.158. The molecule has 1 amide bonds. The number of hydrogen-bond acceptors (Lipinski definition) is 6. The second-order valence-electron chi connectivity index (χ2n) is 5.28. The average molecular weight is 387 g/mol. The molecule has 1 aliphatic heterocycles. The molecule has 0 N–H and O–H groups in total. The molecule has 26 heavy (non-hydrogen) atoms. The molecule has 134 valence electrons. The lowest BCUT2D eigenvalue weighted by Crippen LogP contribution is -2.27. The zero-order valence-electron chi connectivity index (χ0n) is 14.5. The van der Waals surface area contributed by atoms with Gasteiger partial charge in [-0.15, -0.1) is 0 Å². The minimum Gasteiger partial charge on any atom is -0.493 e. The smallest absolute Gasteiger partial charge is 0.270 e. The largest absolute Gasteiger partial charge is 0.493 e. The van der Waals surface area contributed by atoms with Crippen molar-refractivity contribution >= 4 is 46.0 Å². The van der Waals surface area contributed by atoms with Crippen molar-refractivity contribution in [2.24, 2.45) is 0 Å². The number of ether oxygens (including phenoxy) is 3. The van der Waals surface area contributed by atoms with E-state index in [4.69, 9.17) is 26.4 Å². The van der Waals surface area contributed by atoms with Crippen LogP contribution < -0.4 is 19.1 Å². The molecule has 0 aromatic heterocycles. The summed E-state index contributed by atoms with van der Waals surface area (Å²) in [6, 6.07) is 12.9. The quantitative estimate of drug-likeness (QED) is 0.568. The van der Waals surface area contributed by atoms with Crippen molar-refractivity contribution in [2.75, 3.05) is 26.2 Å². The van der Waals surface area contributed by atoms with Crippen LogP contribution in [0.5, 0.6) is 17.2 Å². The van der Waals surface area contributed by atoms with Gasteiger partial charge in [-0.3, -0.25) is 9.69 Å². The first-order valence-electron chi connectivity index (χ1n) is 7.72. The Hall–Kier alpha value is -2.51. The number of carbonyl (C=O) groups excluding carboxylic acids is 1. The van der Waals surface area contributed by atoms with E-state index >= 15 is 0 Å². The van der Waals surface area contributed by atoms with E-state index in [0.717, 1.165) is 5.69 Å². The van der Waals surface area contributed by atoms with Crippen molar-refractivity contribution in [3.8, 4) is 17.2 Å². The molecule has 0 unspecified atom stereocenters. The molecule has 1 heterocycles. The number of methoxy groups -OCH3 is 3. The lowest BCUT2D eigenvalue weighted by molar-refractivity contribution is -0.113. The van der Waals surface area contributed by atoms with Crippen molar-refractivity contribution in [3.05, 3.63) is 52.9 Å². The first-order valence-corrected chi connectivity index (χ1v) is 8.95. The van der Waals surface area contributed by atoms with Crippen LogP contribution >= 0.6 is 24.0 Å². The van der Waals surface area contributed by atoms with Crippen molar-refractivity contribution in [1.82, 2.24) is 0 Å². The van der Waals surface area contributed by atoms with Crippen molar-refractivity contribution < 1.29 is 19.0 Å². The summed E-state index contributed by atoms with van der Waals surface area (Å²) < 4.78 is 16.7. The minimum absolute atomic E-state index is 0.164. The Labute approximate surface area is 161 Å². The van der Waals surface area contributed by atoms with Crippen molar-refractivity contribution in [2.45, 2.75) is 0 Å². The Balaban J connectivity index is 2.01. The molecule has 1 saturated heterocycles. The van der Waals surface area contributed by atoms with Crippen LogP contribution in [0.15, 0.2) is 47.4 Å². The first kappa shape index (κ1) is 18.3. The summed E-state index contributed by atoms with van der Waals surface area (Å²) in [5.74, 6) is 1.36. The van der Waals surface area contributed by atoms with Gasteiger partial charge in [0.1, 0.15) is 0 Å².